The van der Waals surface area contributed by atoms with Crippen molar-refractivity contribution in [2.75, 3.05) is 12.4 Å². The molecule has 42 heavy (non-hydrogen) atoms. The number of amides is 1. The minimum Gasteiger partial charge on any atom is -0.497 e. The van der Waals surface area contributed by atoms with Crippen LogP contribution in [-0.4, -0.2) is 22.6 Å². The number of nitrogens with one attached hydrogen (secondary N) is 1. The highest BCUT2D eigenvalue weighted by Gasteiger charge is 2.37. The summed E-state index contributed by atoms with van der Waals surface area (Å²) in [6.07, 6.45) is -4.46. The van der Waals surface area contributed by atoms with Gasteiger partial charge in [-0.2, -0.15) is 13.2 Å². The number of methoxy groups -OCH3 is 1. The number of hydrogen-bond donors (Lipinski definition) is 1. The number of hydrogen-bond acceptors (Lipinski definition) is 4. The zero-order valence-corrected chi connectivity index (χ0v) is 22.2. The third kappa shape index (κ3) is 6.35. The number of imidazole rings is 1. The second-order valence-corrected chi connectivity index (χ2v) is 9.37. The van der Waals surface area contributed by atoms with E-state index in [4.69, 9.17) is 9.47 Å². The Kier molecular flexibility index (Phi) is 8.10. The largest absolute Gasteiger partial charge is 0.497 e. The average Bonchev–Trinajstić information content (AvgIpc) is 3.34. The van der Waals surface area contributed by atoms with Crippen molar-refractivity contribution in [2.24, 2.45) is 0 Å². The molecule has 11 heteroatoms. The number of anilines is 1. The molecule has 5 rings (SSSR count). The molecule has 0 aliphatic rings. The fraction of sp³-hybridized carbons (Fsp3) is 0.161. The molecule has 1 heterocycles. The van der Waals surface area contributed by atoms with Crippen LogP contribution in [0.3, 0.4) is 0 Å². The molecule has 5 aromatic rings. The van der Waals surface area contributed by atoms with Crippen molar-refractivity contribution >= 4 is 22.6 Å². The van der Waals surface area contributed by atoms with Crippen LogP contribution in [0.5, 0.6) is 11.5 Å². The number of ether oxygens (including phenoxy) is 2. The number of rotatable bonds is 9. The summed E-state index contributed by atoms with van der Waals surface area (Å²) in [6.45, 7) is 0.320. The smallest absolute Gasteiger partial charge is 0.449 e. The Morgan fingerprint density at radius 1 is 0.881 bits per heavy atom. The van der Waals surface area contributed by atoms with E-state index in [0.717, 1.165) is 39.6 Å². The fourth-order valence-corrected chi connectivity index (χ4v) is 4.44. The Hall–Kier alpha value is -4.93. The number of alkyl halides is 3. The Balaban J connectivity index is 1.29. The van der Waals surface area contributed by atoms with Gasteiger partial charge in [-0.25, -0.2) is 13.8 Å². The van der Waals surface area contributed by atoms with Crippen LogP contribution in [0.1, 0.15) is 27.3 Å². The van der Waals surface area contributed by atoms with E-state index < -0.39 is 35.1 Å². The molecule has 0 saturated heterocycles. The highest BCUT2D eigenvalue weighted by atomic mass is 19.4. The maximum absolute atomic E-state index is 14.0. The van der Waals surface area contributed by atoms with Crippen molar-refractivity contribution in [3.63, 3.8) is 0 Å². The molecule has 0 fully saturated rings. The van der Waals surface area contributed by atoms with Crippen LogP contribution in [0.2, 0.25) is 0 Å². The molecule has 0 spiro atoms. The van der Waals surface area contributed by atoms with Gasteiger partial charge in [0.1, 0.15) is 35.3 Å². The van der Waals surface area contributed by atoms with Crippen molar-refractivity contribution in [2.45, 2.75) is 25.7 Å². The van der Waals surface area contributed by atoms with Crippen molar-refractivity contribution in [1.82, 2.24) is 9.55 Å². The molecule has 0 atom stereocenters. The number of carbonyl (C=O) groups excluding carboxylic acids is 1. The van der Waals surface area contributed by atoms with E-state index in [1.807, 2.05) is 24.3 Å². The molecule has 0 saturated carbocycles. The monoisotopic (exact) mass is 581 g/mol. The van der Waals surface area contributed by atoms with E-state index in [0.29, 0.717) is 12.4 Å². The summed E-state index contributed by atoms with van der Waals surface area (Å²) in [5, 5.41) is 2.32. The Morgan fingerprint density at radius 2 is 1.52 bits per heavy atom. The summed E-state index contributed by atoms with van der Waals surface area (Å²) >= 11 is 0. The van der Waals surface area contributed by atoms with E-state index in [1.165, 1.54) is 18.2 Å². The van der Waals surface area contributed by atoms with Crippen LogP contribution in [-0.2, 0) is 25.7 Å². The number of carbonyl (C=O) groups is 1. The van der Waals surface area contributed by atoms with Gasteiger partial charge in [-0.1, -0.05) is 30.3 Å². The lowest BCUT2D eigenvalue weighted by atomic mass is 10.1. The lowest BCUT2D eigenvalue weighted by Crippen LogP contribution is -2.16. The standard InChI is InChI=1S/C31H24F5N3O3/c1-41-22-10-7-20(8-11-22)18-42-23-12-5-19(6-13-23)15-16-39-27-14-9-21(17-26(27)38-30(39)31(34,35)36)37-29(40)28-24(32)3-2-4-25(28)33/h2-14,17H,15-16,18H2,1H3,(H,37,40). The van der Waals surface area contributed by atoms with Gasteiger partial charge in [-0.15, -0.1) is 0 Å². The Labute approximate surface area is 237 Å². The lowest BCUT2D eigenvalue weighted by Gasteiger charge is -2.12. The topological polar surface area (TPSA) is 65.4 Å². The number of aryl methyl sites for hydroxylation is 2. The summed E-state index contributed by atoms with van der Waals surface area (Å²) < 4.78 is 81.6. The molecule has 1 amide bonds. The number of fused-ring (bicyclic) bond motifs is 1. The first-order valence-corrected chi connectivity index (χ1v) is 12.8. The Morgan fingerprint density at radius 3 is 2.17 bits per heavy atom. The number of nitrogens with zero attached hydrogens (tertiary/aromatic N) is 2. The molecule has 0 aliphatic heterocycles. The normalized spacial score (nSPS) is 11.5. The first-order valence-electron chi connectivity index (χ1n) is 12.8. The van der Waals surface area contributed by atoms with E-state index in [9.17, 15) is 26.7 Å². The molecule has 6 nitrogen and oxygen atoms in total. The van der Waals surface area contributed by atoms with Gasteiger partial charge in [-0.3, -0.25) is 4.79 Å². The third-order valence-electron chi connectivity index (χ3n) is 6.56. The first kappa shape index (κ1) is 28.6. The molecular formula is C31H24F5N3O3. The zero-order chi connectivity index (χ0) is 29.9. The van der Waals surface area contributed by atoms with Crippen molar-refractivity contribution in [3.05, 3.63) is 119 Å². The number of aromatic nitrogens is 2. The van der Waals surface area contributed by atoms with Gasteiger partial charge in [-0.05, 0) is 72.1 Å². The van der Waals surface area contributed by atoms with Gasteiger partial charge in [0.05, 0.1) is 18.1 Å². The van der Waals surface area contributed by atoms with Crippen LogP contribution in [0.25, 0.3) is 11.0 Å². The van der Waals surface area contributed by atoms with Crippen molar-refractivity contribution in [3.8, 4) is 11.5 Å². The Bertz CT molecular complexity index is 1700. The van der Waals surface area contributed by atoms with Gasteiger partial charge < -0.3 is 19.4 Å². The molecule has 1 aromatic heterocycles. The lowest BCUT2D eigenvalue weighted by molar-refractivity contribution is -0.146. The molecule has 0 unspecified atom stereocenters. The average molecular weight is 582 g/mol. The molecule has 4 aromatic carbocycles. The van der Waals surface area contributed by atoms with Crippen LogP contribution < -0.4 is 14.8 Å². The molecule has 0 bridgehead atoms. The van der Waals surface area contributed by atoms with Crippen LogP contribution in [0.15, 0.2) is 84.9 Å². The second-order valence-electron chi connectivity index (χ2n) is 9.37. The van der Waals surface area contributed by atoms with E-state index in [-0.39, 0.29) is 29.7 Å². The van der Waals surface area contributed by atoms with Crippen LogP contribution >= 0.6 is 0 Å². The number of benzene rings is 4. The molecule has 216 valence electrons. The van der Waals surface area contributed by atoms with E-state index in [2.05, 4.69) is 10.3 Å². The van der Waals surface area contributed by atoms with Gasteiger partial charge in [0.25, 0.3) is 5.91 Å². The predicted octanol–water partition coefficient (Wildman–Crippen LogP) is 7.42. The minimum absolute atomic E-state index is 0.0243. The SMILES string of the molecule is COc1ccc(COc2ccc(CCn3c(C(F)(F)F)nc4cc(NC(=O)c5c(F)cccc5F)ccc43)cc2)cc1. The fourth-order valence-electron chi connectivity index (χ4n) is 4.44. The van der Waals surface area contributed by atoms with E-state index >= 15 is 0 Å². The molecule has 0 radical (unpaired) electrons. The number of halogens is 5. The van der Waals surface area contributed by atoms with Gasteiger partial charge in [0.15, 0.2) is 0 Å². The summed E-state index contributed by atoms with van der Waals surface area (Å²) in [4.78, 5) is 16.2. The van der Waals surface area contributed by atoms with Crippen molar-refractivity contribution < 1.29 is 36.2 Å². The van der Waals surface area contributed by atoms with Gasteiger partial charge >= 0.3 is 6.18 Å². The summed E-state index contributed by atoms with van der Waals surface area (Å²) in [5.74, 6) is -2.94. The second kappa shape index (κ2) is 11.9. The van der Waals surface area contributed by atoms with Crippen molar-refractivity contribution in [1.29, 1.82) is 0 Å². The maximum Gasteiger partial charge on any atom is 0.449 e. The summed E-state index contributed by atoms with van der Waals surface area (Å²) in [6, 6.07) is 21.5. The van der Waals surface area contributed by atoms with Crippen LogP contribution in [0.4, 0.5) is 27.6 Å². The first-order chi connectivity index (χ1) is 20.1. The summed E-state index contributed by atoms with van der Waals surface area (Å²) in [7, 11) is 1.59. The van der Waals surface area contributed by atoms with Crippen LogP contribution in [0, 0.1) is 11.6 Å². The third-order valence-corrected chi connectivity index (χ3v) is 6.56. The van der Waals surface area contributed by atoms with E-state index in [1.54, 1.807) is 31.4 Å². The highest BCUT2D eigenvalue weighted by Crippen LogP contribution is 2.33. The highest BCUT2D eigenvalue weighted by molar-refractivity contribution is 6.05. The molecule has 1 N–H and O–H groups in total. The van der Waals surface area contributed by atoms with Gasteiger partial charge in [0, 0.05) is 12.2 Å². The summed E-state index contributed by atoms with van der Waals surface area (Å²) in [5.41, 5.74) is 1.15. The quantitative estimate of drug-likeness (QED) is 0.184. The maximum atomic E-state index is 14.0. The molecule has 0 aliphatic carbocycles. The molecular weight excluding hydrogens is 557 g/mol. The zero-order valence-electron chi connectivity index (χ0n) is 22.2. The minimum atomic E-state index is -4.74. The predicted molar refractivity (Wildman–Crippen MR) is 147 cm³/mol. The van der Waals surface area contributed by atoms with Gasteiger partial charge in [0.2, 0.25) is 5.82 Å².